The molecule has 2 amide bonds. The molecule has 3 saturated heterocycles. The summed E-state index contributed by atoms with van der Waals surface area (Å²) in [5.74, 6) is 2.19. The third-order valence-corrected chi connectivity index (χ3v) is 7.77. The molecule has 1 aliphatic carbocycles. The summed E-state index contributed by atoms with van der Waals surface area (Å²) in [4.78, 5) is 18.0. The van der Waals surface area contributed by atoms with Gasteiger partial charge < -0.3 is 15.0 Å². The van der Waals surface area contributed by atoms with Crippen LogP contribution >= 0.6 is 0 Å². The largest absolute Gasteiger partial charge is 0.497 e. The number of likely N-dealkylation sites (tertiary alicyclic amines) is 1. The molecule has 162 valence electrons. The van der Waals surface area contributed by atoms with E-state index in [0.717, 1.165) is 31.2 Å². The van der Waals surface area contributed by atoms with E-state index >= 15 is 0 Å². The number of carbonyl (C=O) groups is 1. The zero-order valence-electron chi connectivity index (χ0n) is 18.2. The first kappa shape index (κ1) is 19.9. The van der Waals surface area contributed by atoms with Gasteiger partial charge in [-0.15, -0.1) is 0 Å². The molecular weight excluding hydrogens is 374 g/mol. The molecule has 4 atom stereocenters. The maximum atomic E-state index is 13.1. The minimum atomic E-state index is 0.123. The Balaban J connectivity index is 1.23. The highest BCUT2D eigenvalue weighted by atomic mass is 16.5. The number of hydrogen-bond acceptors (Lipinski definition) is 3. The van der Waals surface area contributed by atoms with Crippen molar-refractivity contribution in [2.24, 2.45) is 11.8 Å². The van der Waals surface area contributed by atoms with Crippen molar-refractivity contribution in [2.45, 2.75) is 57.0 Å². The highest BCUT2D eigenvalue weighted by molar-refractivity contribution is 5.75. The molecule has 2 bridgehead atoms. The molecule has 1 aromatic rings. The van der Waals surface area contributed by atoms with Crippen molar-refractivity contribution in [3.63, 3.8) is 0 Å². The molecule has 4 aliphatic rings. The molecular formula is C25H35N3O2. The van der Waals surface area contributed by atoms with Crippen LogP contribution < -0.4 is 10.1 Å². The van der Waals surface area contributed by atoms with Crippen LogP contribution in [0.15, 0.2) is 35.9 Å². The van der Waals surface area contributed by atoms with E-state index in [1.54, 1.807) is 12.7 Å². The number of hydrogen-bond donors (Lipinski definition) is 1. The highest BCUT2D eigenvalue weighted by Gasteiger charge is 2.46. The maximum absolute atomic E-state index is 13.1. The molecule has 0 aromatic heterocycles. The fraction of sp³-hybridized carbons (Fsp3) is 0.640. The van der Waals surface area contributed by atoms with Gasteiger partial charge in [0.25, 0.3) is 0 Å². The number of benzene rings is 1. The zero-order chi connectivity index (χ0) is 20.5. The lowest BCUT2D eigenvalue weighted by molar-refractivity contribution is 0.00793. The number of methoxy groups -OCH3 is 1. The third kappa shape index (κ3) is 3.84. The topological polar surface area (TPSA) is 44.8 Å². The number of ether oxygens (including phenoxy) is 1. The summed E-state index contributed by atoms with van der Waals surface area (Å²) in [5.41, 5.74) is 2.78. The van der Waals surface area contributed by atoms with Gasteiger partial charge in [-0.3, -0.25) is 4.90 Å². The Bertz CT molecular complexity index is 790. The first-order chi connectivity index (χ1) is 14.7. The normalized spacial score (nSPS) is 30.7. The molecule has 0 radical (unpaired) electrons. The second kappa shape index (κ2) is 8.62. The summed E-state index contributed by atoms with van der Waals surface area (Å²) in [6.45, 7) is 4.00. The van der Waals surface area contributed by atoms with Gasteiger partial charge in [0, 0.05) is 25.7 Å². The number of carbonyl (C=O) groups excluding carboxylic acids is 1. The first-order valence-corrected chi connectivity index (χ1v) is 11.8. The Morgan fingerprint density at radius 3 is 2.87 bits per heavy atom. The average Bonchev–Trinajstić information content (AvgIpc) is 2.79. The van der Waals surface area contributed by atoms with Crippen LogP contribution in [0.5, 0.6) is 5.75 Å². The maximum Gasteiger partial charge on any atom is 0.317 e. The Kier molecular flexibility index (Phi) is 5.72. The summed E-state index contributed by atoms with van der Waals surface area (Å²) in [6.07, 6.45) is 11.1. The molecule has 5 rings (SSSR count). The molecule has 30 heavy (non-hydrogen) atoms. The predicted octanol–water partition coefficient (Wildman–Crippen LogP) is 3.84. The van der Waals surface area contributed by atoms with Crippen LogP contribution in [-0.4, -0.2) is 61.2 Å². The molecule has 0 unspecified atom stereocenters. The predicted molar refractivity (Wildman–Crippen MR) is 119 cm³/mol. The van der Waals surface area contributed by atoms with Crippen molar-refractivity contribution < 1.29 is 9.53 Å². The second-order valence-electron chi connectivity index (χ2n) is 9.53. The van der Waals surface area contributed by atoms with E-state index in [9.17, 15) is 4.79 Å². The van der Waals surface area contributed by atoms with Crippen LogP contribution in [0.1, 0.15) is 44.1 Å². The quantitative estimate of drug-likeness (QED) is 0.769. The van der Waals surface area contributed by atoms with Crippen LogP contribution in [-0.2, 0) is 6.42 Å². The van der Waals surface area contributed by atoms with Crippen LogP contribution in [0, 0.1) is 11.8 Å². The Morgan fingerprint density at radius 2 is 2.03 bits per heavy atom. The second-order valence-corrected chi connectivity index (χ2v) is 9.53. The van der Waals surface area contributed by atoms with Crippen molar-refractivity contribution in [1.29, 1.82) is 0 Å². The van der Waals surface area contributed by atoms with Crippen LogP contribution in [0.25, 0.3) is 0 Å². The molecule has 5 nitrogen and oxygen atoms in total. The smallest absolute Gasteiger partial charge is 0.317 e. The van der Waals surface area contributed by atoms with Gasteiger partial charge in [0.1, 0.15) is 5.75 Å². The van der Waals surface area contributed by atoms with Crippen molar-refractivity contribution in [3.05, 3.63) is 41.5 Å². The van der Waals surface area contributed by atoms with E-state index in [1.807, 2.05) is 12.1 Å². The van der Waals surface area contributed by atoms with Gasteiger partial charge in [0.05, 0.1) is 13.2 Å². The van der Waals surface area contributed by atoms with Gasteiger partial charge in [-0.05, 0) is 74.6 Å². The van der Waals surface area contributed by atoms with Crippen LogP contribution in [0.2, 0.25) is 0 Å². The van der Waals surface area contributed by atoms with Gasteiger partial charge in [-0.25, -0.2) is 4.79 Å². The van der Waals surface area contributed by atoms with Gasteiger partial charge in [-0.2, -0.15) is 0 Å². The molecule has 1 aromatic carbocycles. The van der Waals surface area contributed by atoms with Gasteiger partial charge in [0.2, 0.25) is 0 Å². The average molecular weight is 410 g/mol. The fourth-order valence-electron chi connectivity index (χ4n) is 6.41. The number of fused-ring (bicyclic) bond motifs is 6. The number of rotatable bonds is 4. The van der Waals surface area contributed by atoms with Crippen LogP contribution in [0.3, 0.4) is 0 Å². The summed E-state index contributed by atoms with van der Waals surface area (Å²) in [6, 6.07) is 9.31. The molecule has 3 fully saturated rings. The number of piperidine rings is 3. The number of urea groups is 1. The van der Waals surface area contributed by atoms with E-state index < -0.39 is 0 Å². The summed E-state index contributed by atoms with van der Waals surface area (Å²) < 4.78 is 5.22. The van der Waals surface area contributed by atoms with E-state index in [-0.39, 0.29) is 6.03 Å². The molecule has 0 saturated carbocycles. The Hall–Kier alpha value is -2.01. The molecule has 3 heterocycles. The summed E-state index contributed by atoms with van der Waals surface area (Å²) in [7, 11) is 1.68. The lowest BCUT2D eigenvalue weighted by Gasteiger charge is -2.54. The first-order valence-electron chi connectivity index (χ1n) is 11.8. The van der Waals surface area contributed by atoms with Gasteiger partial charge in [-0.1, -0.05) is 30.2 Å². The minimum absolute atomic E-state index is 0.123. The van der Waals surface area contributed by atoms with Crippen molar-refractivity contribution in [1.82, 2.24) is 15.1 Å². The zero-order valence-corrected chi connectivity index (χ0v) is 18.2. The third-order valence-electron chi connectivity index (χ3n) is 7.77. The van der Waals surface area contributed by atoms with Crippen molar-refractivity contribution in [2.75, 3.05) is 33.3 Å². The van der Waals surface area contributed by atoms with Gasteiger partial charge in [0.15, 0.2) is 0 Å². The SMILES string of the molecule is COc1ccc(CCNC(=O)N2CCCC3=C[C@@H]4C[C@H](CN5CCCC[C@H]45)[C@H]32)cc1. The minimum Gasteiger partial charge on any atom is -0.497 e. The Morgan fingerprint density at radius 1 is 1.17 bits per heavy atom. The molecule has 1 N–H and O–H groups in total. The standard InChI is InChI=1S/C25H35N3O2/c1-30-22-9-7-18(8-10-22)11-12-26-25(29)28-14-4-5-19-15-20-16-21(24(19)28)17-27-13-3-2-6-23(20)27/h7-10,15,20-21,23-24H,2-6,11-14,16-17H2,1H3,(H,26,29)/t20-,21-,23-,24+/m1/s1. The van der Waals surface area contributed by atoms with E-state index in [2.05, 4.69) is 33.3 Å². The lowest BCUT2D eigenvalue weighted by Crippen LogP contribution is -2.61. The molecule has 3 aliphatic heterocycles. The number of nitrogens with zero attached hydrogens (tertiary/aromatic N) is 2. The van der Waals surface area contributed by atoms with E-state index in [1.165, 1.54) is 50.8 Å². The highest BCUT2D eigenvalue weighted by Crippen LogP contribution is 2.44. The lowest BCUT2D eigenvalue weighted by atomic mass is 9.68. The van der Waals surface area contributed by atoms with Crippen LogP contribution in [0.4, 0.5) is 4.79 Å². The number of nitrogens with one attached hydrogen (secondary N) is 1. The van der Waals surface area contributed by atoms with Crippen molar-refractivity contribution in [3.8, 4) is 5.75 Å². The van der Waals surface area contributed by atoms with Crippen molar-refractivity contribution >= 4 is 6.03 Å². The van der Waals surface area contributed by atoms with E-state index in [0.29, 0.717) is 24.4 Å². The van der Waals surface area contributed by atoms with E-state index in [4.69, 9.17) is 4.74 Å². The summed E-state index contributed by atoms with van der Waals surface area (Å²) in [5, 5.41) is 3.21. The monoisotopic (exact) mass is 409 g/mol. The Labute approximate surface area is 180 Å². The molecule has 5 heteroatoms. The fourth-order valence-corrected chi connectivity index (χ4v) is 6.41. The van der Waals surface area contributed by atoms with Gasteiger partial charge >= 0.3 is 6.03 Å². The molecule has 0 spiro atoms. The number of amides is 2. The summed E-state index contributed by atoms with van der Waals surface area (Å²) >= 11 is 0.